The van der Waals surface area contributed by atoms with E-state index in [1.807, 2.05) is 0 Å². The maximum absolute atomic E-state index is 11.8. The Bertz CT molecular complexity index is 721. The molecule has 0 unspecified atom stereocenters. The lowest BCUT2D eigenvalue weighted by molar-refractivity contribution is -0.197. The van der Waals surface area contributed by atoms with Crippen LogP contribution in [-0.4, -0.2) is 63.1 Å². The molecule has 10 nitrogen and oxygen atoms in total. The minimum Gasteiger partial charge on any atom is -0.508 e. The first-order valence-electron chi connectivity index (χ1n) is 7.03. The molecule has 0 heterocycles. The molecule has 0 saturated carbocycles. The first-order chi connectivity index (χ1) is 12.1. The quantitative estimate of drug-likeness (QED) is 0.355. The summed E-state index contributed by atoms with van der Waals surface area (Å²) in [4.78, 5) is 45.6. The standard InChI is InChI=1S/C16H16O10/c1-25-15(23)16(24,8-11(18)19)13(14(21)22)26-12(20)7-4-9-2-5-10(17)6-3-9/h2-7,13,17,24H,8H2,1H3,(H,18,19)(H,21,22)/t13-,16+/m0/s1. The average Bonchev–Trinajstić information content (AvgIpc) is 2.57. The first kappa shape index (κ1) is 20.6. The van der Waals surface area contributed by atoms with E-state index in [9.17, 15) is 24.3 Å². The van der Waals surface area contributed by atoms with E-state index in [0.29, 0.717) is 5.56 Å². The van der Waals surface area contributed by atoms with Crippen molar-refractivity contribution in [2.24, 2.45) is 0 Å². The van der Waals surface area contributed by atoms with Crippen LogP contribution >= 0.6 is 0 Å². The minimum atomic E-state index is -3.12. The van der Waals surface area contributed by atoms with Gasteiger partial charge in [-0.15, -0.1) is 0 Å². The topological polar surface area (TPSA) is 168 Å². The fourth-order valence-corrected chi connectivity index (χ4v) is 1.94. The summed E-state index contributed by atoms with van der Waals surface area (Å²) in [6.45, 7) is 0. The molecule has 0 aliphatic carbocycles. The normalized spacial score (nSPS) is 14.2. The van der Waals surface area contributed by atoms with Crippen molar-refractivity contribution in [2.45, 2.75) is 18.1 Å². The average molecular weight is 368 g/mol. The highest BCUT2D eigenvalue weighted by atomic mass is 16.6. The Hall–Kier alpha value is -3.40. The van der Waals surface area contributed by atoms with Crippen LogP contribution in [0.4, 0.5) is 0 Å². The Morgan fingerprint density at radius 3 is 2.19 bits per heavy atom. The summed E-state index contributed by atoms with van der Waals surface area (Å²) in [6.07, 6.45) is -1.84. The molecule has 26 heavy (non-hydrogen) atoms. The number of carbonyl (C=O) groups excluding carboxylic acids is 2. The molecule has 1 aromatic carbocycles. The van der Waals surface area contributed by atoms with Gasteiger partial charge >= 0.3 is 23.9 Å². The zero-order valence-electron chi connectivity index (χ0n) is 13.5. The van der Waals surface area contributed by atoms with Gasteiger partial charge in [-0.3, -0.25) is 4.79 Å². The molecule has 1 rings (SSSR count). The van der Waals surface area contributed by atoms with Gasteiger partial charge in [0.2, 0.25) is 11.7 Å². The van der Waals surface area contributed by atoms with Gasteiger partial charge in [-0.1, -0.05) is 12.1 Å². The van der Waals surface area contributed by atoms with Crippen molar-refractivity contribution in [3.05, 3.63) is 35.9 Å². The molecule has 0 saturated heterocycles. The van der Waals surface area contributed by atoms with Gasteiger partial charge in [-0.05, 0) is 23.8 Å². The molecule has 2 atom stereocenters. The Labute approximate surface area is 146 Å². The van der Waals surface area contributed by atoms with Crippen LogP contribution in [0.3, 0.4) is 0 Å². The summed E-state index contributed by atoms with van der Waals surface area (Å²) in [7, 11) is 0.806. The number of carboxylic acids is 2. The maximum Gasteiger partial charge on any atom is 0.348 e. The second-order valence-electron chi connectivity index (χ2n) is 5.07. The minimum absolute atomic E-state index is 0.00696. The fraction of sp³-hybridized carbons (Fsp3) is 0.250. The zero-order valence-corrected chi connectivity index (χ0v) is 13.5. The van der Waals surface area contributed by atoms with Gasteiger partial charge in [0.1, 0.15) is 5.75 Å². The maximum atomic E-state index is 11.8. The predicted molar refractivity (Wildman–Crippen MR) is 83.9 cm³/mol. The number of phenols is 1. The molecule has 0 fully saturated rings. The van der Waals surface area contributed by atoms with Gasteiger partial charge in [0.05, 0.1) is 13.5 Å². The van der Waals surface area contributed by atoms with Gasteiger partial charge in [0.15, 0.2) is 0 Å². The van der Waals surface area contributed by atoms with Gasteiger partial charge in [-0.25, -0.2) is 14.4 Å². The number of benzene rings is 1. The molecule has 0 bridgehead atoms. The van der Waals surface area contributed by atoms with Crippen LogP contribution in [0.5, 0.6) is 5.75 Å². The number of methoxy groups -OCH3 is 1. The molecule has 4 N–H and O–H groups in total. The first-order valence-corrected chi connectivity index (χ1v) is 7.03. The fourth-order valence-electron chi connectivity index (χ4n) is 1.94. The van der Waals surface area contributed by atoms with E-state index in [0.717, 1.165) is 13.2 Å². The predicted octanol–water partition coefficient (Wildman–Crippen LogP) is -0.219. The Kier molecular flexibility index (Phi) is 6.85. The third-order valence-electron chi connectivity index (χ3n) is 3.16. The number of hydrogen-bond donors (Lipinski definition) is 4. The number of aliphatic carboxylic acids is 2. The Morgan fingerprint density at radius 1 is 1.15 bits per heavy atom. The van der Waals surface area contributed by atoms with Crippen LogP contribution in [0.15, 0.2) is 30.3 Å². The van der Waals surface area contributed by atoms with Crippen LogP contribution < -0.4 is 0 Å². The molecule has 0 aliphatic rings. The van der Waals surface area contributed by atoms with Crippen LogP contribution in [0.25, 0.3) is 6.08 Å². The third kappa shape index (κ3) is 5.31. The zero-order chi connectivity index (χ0) is 19.9. The van der Waals surface area contributed by atoms with Gasteiger partial charge in [-0.2, -0.15) is 0 Å². The number of esters is 2. The van der Waals surface area contributed by atoms with Crippen LogP contribution in [0, 0.1) is 0 Å². The highest BCUT2D eigenvalue weighted by Crippen LogP contribution is 2.22. The van der Waals surface area contributed by atoms with Gasteiger partial charge < -0.3 is 29.9 Å². The van der Waals surface area contributed by atoms with Crippen molar-refractivity contribution in [3.8, 4) is 5.75 Å². The monoisotopic (exact) mass is 368 g/mol. The summed E-state index contributed by atoms with van der Waals surface area (Å²) in [6, 6.07) is 5.58. The summed E-state index contributed by atoms with van der Waals surface area (Å²) >= 11 is 0. The lowest BCUT2D eigenvalue weighted by Crippen LogP contribution is -2.56. The molecule has 1 aromatic rings. The Balaban J connectivity index is 3.02. The van der Waals surface area contributed by atoms with Gasteiger partial charge in [0.25, 0.3) is 0 Å². The highest BCUT2D eigenvalue weighted by molar-refractivity contribution is 5.95. The van der Waals surface area contributed by atoms with Crippen molar-refractivity contribution >= 4 is 30.0 Å². The number of hydrogen-bond acceptors (Lipinski definition) is 8. The second-order valence-corrected chi connectivity index (χ2v) is 5.07. The van der Waals surface area contributed by atoms with E-state index < -0.39 is 42.0 Å². The number of aromatic hydroxyl groups is 1. The number of carbonyl (C=O) groups is 4. The van der Waals surface area contributed by atoms with E-state index in [1.54, 1.807) is 0 Å². The third-order valence-corrected chi connectivity index (χ3v) is 3.16. The molecular formula is C16H16O10. The lowest BCUT2D eigenvalue weighted by atomic mass is 9.92. The van der Waals surface area contributed by atoms with E-state index in [-0.39, 0.29) is 5.75 Å². The summed E-state index contributed by atoms with van der Waals surface area (Å²) < 4.78 is 8.78. The summed E-state index contributed by atoms with van der Waals surface area (Å²) in [5, 5.41) is 37.3. The summed E-state index contributed by atoms with van der Waals surface area (Å²) in [5.41, 5.74) is -2.66. The van der Waals surface area contributed by atoms with Crippen molar-refractivity contribution < 1.29 is 49.1 Å². The Morgan fingerprint density at radius 2 is 1.73 bits per heavy atom. The molecule has 0 spiro atoms. The second kappa shape index (κ2) is 8.62. The number of rotatable bonds is 8. The number of ether oxygens (including phenoxy) is 2. The number of carboxylic acid groups (broad SMARTS) is 2. The lowest BCUT2D eigenvalue weighted by Gasteiger charge is -2.28. The number of aliphatic hydroxyl groups is 1. The highest BCUT2D eigenvalue weighted by Gasteiger charge is 2.53. The van der Waals surface area contributed by atoms with Crippen LogP contribution in [0.1, 0.15) is 12.0 Å². The molecule has 10 heteroatoms. The van der Waals surface area contributed by atoms with E-state index >= 15 is 0 Å². The van der Waals surface area contributed by atoms with Crippen LogP contribution in [0.2, 0.25) is 0 Å². The molecule has 0 radical (unpaired) electrons. The SMILES string of the molecule is COC(=O)[C@@](O)(CC(=O)O)[C@@H](OC(=O)C=Cc1ccc(O)cc1)C(=O)O. The van der Waals surface area contributed by atoms with Crippen LogP contribution in [-0.2, 0) is 28.7 Å². The summed E-state index contributed by atoms with van der Waals surface area (Å²) in [5.74, 6) is -6.49. The van der Waals surface area contributed by atoms with Crippen molar-refractivity contribution in [1.82, 2.24) is 0 Å². The van der Waals surface area contributed by atoms with Crippen molar-refractivity contribution in [1.29, 1.82) is 0 Å². The molecule has 0 aliphatic heterocycles. The van der Waals surface area contributed by atoms with Gasteiger partial charge in [0, 0.05) is 6.08 Å². The number of phenolic OH excluding ortho intramolecular Hbond substituents is 1. The molecular weight excluding hydrogens is 352 g/mol. The molecule has 140 valence electrons. The van der Waals surface area contributed by atoms with Crippen molar-refractivity contribution in [3.63, 3.8) is 0 Å². The largest absolute Gasteiger partial charge is 0.508 e. The van der Waals surface area contributed by atoms with E-state index in [1.165, 1.54) is 30.3 Å². The molecule has 0 aromatic heterocycles. The van der Waals surface area contributed by atoms with E-state index in [4.69, 9.17) is 15.3 Å². The molecule has 0 amide bonds. The van der Waals surface area contributed by atoms with E-state index in [2.05, 4.69) is 9.47 Å². The smallest absolute Gasteiger partial charge is 0.348 e. The van der Waals surface area contributed by atoms with Crippen molar-refractivity contribution in [2.75, 3.05) is 7.11 Å².